The molecule has 15 heavy (non-hydrogen) atoms. The molecule has 0 radical (unpaired) electrons. The largest absolute Gasteiger partial charge is 0.444 e. The van der Waals surface area contributed by atoms with Crippen LogP contribution >= 0.6 is 15.9 Å². The van der Waals surface area contributed by atoms with Crippen molar-refractivity contribution in [3.05, 3.63) is 0 Å². The number of hydrogen-bond donors (Lipinski definition) is 0. The minimum absolute atomic E-state index is 0.125. The van der Waals surface area contributed by atoms with E-state index in [4.69, 9.17) is 9.47 Å². The molecule has 0 N–H and O–H groups in total. The summed E-state index contributed by atoms with van der Waals surface area (Å²) in [6.45, 7) is 6.66. The van der Waals surface area contributed by atoms with E-state index in [0.717, 1.165) is 0 Å². The van der Waals surface area contributed by atoms with Crippen LogP contribution in [0.15, 0.2) is 0 Å². The Morgan fingerprint density at radius 3 is 2.40 bits per heavy atom. The summed E-state index contributed by atoms with van der Waals surface area (Å²) in [5.41, 5.74) is -0.450. The van der Waals surface area contributed by atoms with Gasteiger partial charge >= 0.3 is 6.09 Å². The van der Waals surface area contributed by atoms with Gasteiger partial charge in [0.05, 0.1) is 11.4 Å². The van der Waals surface area contributed by atoms with Crippen LogP contribution in [0.4, 0.5) is 4.79 Å². The molecule has 1 atom stereocenters. The average Bonchev–Trinajstić information content (AvgIpc) is 2.00. The highest BCUT2D eigenvalue weighted by atomic mass is 79.9. The molecule has 90 valence electrons. The molecule has 0 saturated carbocycles. The Hall–Kier alpha value is -0.290. The molecule has 0 aromatic heterocycles. The van der Waals surface area contributed by atoms with Gasteiger partial charge in [-0.25, -0.2) is 4.79 Å². The lowest BCUT2D eigenvalue weighted by molar-refractivity contribution is 0.0291. The molecule has 0 fully saturated rings. The van der Waals surface area contributed by atoms with E-state index in [-0.39, 0.29) is 10.9 Å². The van der Waals surface area contributed by atoms with Gasteiger partial charge in [0, 0.05) is 20.7 Å². The maximum Gasteiger partial charge on any atom is 0.410 e. The van der Waals surface area contributed by atoms with Crippen molar-refractivity contribution < 1.29 is 14.3 Å². The van der Waals surface area contributed by atoms with Crippen molar-refractivity contribution in [1.82, 2.24) is 4.90 Å². The molecule has 0 spiro atoms. The number of hydrogen-bond acceptors (Lipinski definition) is 3. The highest BCUT2D eigenvalue weighted by Crippen LogP contribution is 2.10. The quantitative estimate of drug-likeness (QED) is 0.742. The lowest BCUT2D eigenvalue weighted by Crippen LogP contribution is -2.38. The Kier molecular flexibility index (Phi) is 6.20. The molecule has 0 aliphatic heterocycles. The van der Waals surface area contributed by atoms with Gasteiger partial charge in [0.1, 0.15) is 5.60 Å². The van der Waals surface area contributed by atoms with Crippen molar-refractivity contribution in [3.8, 4) is 0 Å². The van der Waals surface area contributed by atoms with Crippen LogP contribution in [0.2, 0.25) is 0 Å². The van der Waals surface area contributed by atoms with E-state index < -0.39 is 5.60 Å². The first-order valence-electron chi connectivity index (χ1n) is 4.83. The summed E-state index contributed by atoms with van der Waals surface area (Å²) in [5, 5.41) is 0. The number of carbonyl (C=O) groups is 1. The van der Waals surface area contributed by atoms with E-state index in [9.17, 15) is 4.79 Å². The molecule has 1 unspecified atom stereocenters. The van der Waals surface area contributed by atoms with Gasteiger partial charge < -0.3 is 14.4 Å². The Morgan fingerprint density at radius 2 is 2.00 bits per heavy atom. The molecule has 4 nitrogen and oxygen atoms in total. The third kappa shape index (κ3) is 7.62. The monoisotopic (exact) mass is 281 g/mol. The van der Waals surface area contributed by atoms with Crippen molar-refractivity contribution in [2.45, 2.75) is 31.2 Å². The normalized spacial score (nSPS) is 13.5. The number of halogens is 1. The number of amides is 1. The van der Waals surface area contributed by atoms with E-state index in [1.54, 1.807) is 14.2 Å². The molecular formula is C10H20BrNO3. The topological polar surface area (TPSA) is 38.8 Å². The molecule has 0 saturated heterocycles. The molecule has 1 amide bonds. The molecule has 0 aromatic rings. The van der Waals surface area contributed by atoms with E-state index in [2.05, 4.69) is 15.9 Å². The first kappa shape index (κ1) is 14.7. The van der Waals surface area contributed by atoms with Crippen LogP contribution in [-0.2, 0) is 9.47 Å². The van der Waals surface area contributed by atoms with Crippen molar-refractivity contribution in [2.24, 2.45) is 0 Å². The van der Waals surface area contributed by atoms with Gasteiger partial charge in [-0.3, -0.25) is 0 Å². The van der Waals surface area contributed by atoms with Crippen molar-refractivity contribution >= 4 is 22.0 Å². The molecule has 0 aliphatic rings. The van der Waals surface area contributed by atoms with Crippen LogP contribution in [0.5, 0.6) is 0 Å². The Balaban J connectivity index is 3.99. The summed E-state index contributed by atoms with van der Waals surface area (Å²) in [6.07, 6.45) is -0.317. The smallest absolute Gasteiger partial charge is 0.410 e. The van der Waals surface area contributed by atoms with Crippen molar-refractivity contribution in [3.63, 3.8) is 0 Å². The Bertz CT molecular complexity index is 203. The fourth-order valence-electron chi connectivity index (χ4n) is 0.945. The fraction of sp³-hybridized carbons (Fsp3) is 0.900. The number of carbonyl (C=O) groups excluding carboxylic acids is 1. The molecule has 0 bridgehead atoms. The van der Waals surface area contributed by atoms with Crippen LogP contribution in [0.1, 0.15) is 20.8 Å². The molecule has 0 aromatic carbocycles. The SMILES string of the molecule is COCC(Br)CN(C)C(=O)OC(C)(C)C. The maximum atomic E-state index is 11.5. The van der Waals surface area contributed by atoms with Crippen LogP contribution in [0.3, 0.4) is 0 Å². The standard InChI is InChI=1S/C10H20BrNO3/c1-10(2,3)15-9(13)12(4)6-8(11)7-14-5/h8H,6-7H2,1-5H3. The lowest BCUT2D eigenvalue weighted by Gasteiger charge is -2.25. The van der Waals surface area contributed by atoms with Gasteiger partial charge in [0.2, 0.25) is 0 Å². The summed E-state index contributed by atoms with van der Waals surface area (Å²) in [4.78, 5) is 13.2. The summed E-state index contributed by atoms with van der Waals surface area (Å²) in [6, 6.07) is 0. The summed E-state index contributed by atoms with van der Waals surface area (Å²) >= 11 is 3.41. The number of ether oxygens (including phenoxy) is 2. The summed E-state index contributed by atoms with van der Waals surface area (Å²) < 4.78 is 10.2. The molecule has 5 heteroatoms. The predicted molar refractivity (Wildman–Crippen MR) is 63.5 cm³/mol. The Morgan fingerprint density at radius 1 is 1.47 bits per heavy atom. The van der Waals surface area contributed by atoms with Gasteiger partial charge in [0.25, 0.3) is 0 Å². The first-order chi connectivity index (χ1) is 6.76. The van der Waals surface area contributed by atoms with Crippen LogP contribution in [-0.4, -0.2) is 48.7 Å². The zero-order valence-corrected chi connectivity index (χ0v) is 11.6. The highest BCUT2D eigenvalue weighted by Gasteiger charge is 2.20. The van der Waals surface area contributed by atoms with Gasteiger partial charge in [-0.2, -0.15) is 0 Å². The molecule has 0 rings (SSSR count). The third-order valence-electron chi connectivity index (χ3n) is 1.52. The first-order valence-corrected chi connectivity index (χ1v) is 5.75. The zero-order chi connectivity index (χ0) is 12.1. The maximum absolute atomic E-state index is 11.5. The van der Waals surface area contributed by atoms with E-state index in [1.807, 2.05) is 20.8 Å². The fourth-order valence-corrected chi connectivity index (χ4v) is 1.64. The van der Waals surface area contributed by atoms with Crippen LogP contribution in [0.25, 0.3) is 0 Å². The second kappa shape index (κ2) is 6.33. The van der Waals surface area contributed by atoms with Crippen molar-refractivity contribution in [2.75, 3.05) is 27.3 Å². The predicted octanol–water partition coefficient (Wildman–Crippen LogP) is 2.26. The number of rotatable bonds is 4. The molecular weight excluding hydrogens is 262 g/mol. The minimum atomic E-state index is -0.450. The molecule has 0 aliphatic carbocycles. The zero-order valence-electron chi connectivity index (χ0n) is 10.0. The van der Waals surface area contributed by atoms with Gasteiger partial charge in [0.15, 0.2) is 0 Å². The second-order valence-electron chi connectivity index (χ2n) is 4.41. The summed E-state index contributed by atoms with van der Waals surface area (Å²) in [5.74, 6) is 0. The minimum Gasteiger partial charge on any atom is -0.444 e. The third-order valence-corrected chi connectivity index (χ3v) is 2.08. The van der Waals surface area contributed by atoms with Gasteiger partial charge in [-0.15, -0.1) is 0 Å². The van der Waals surface area contributed by atoms with E-state index in [0.29, 0.717) is 13.2 Å². The van der Waals surface area contributed by atoms with Crippen molar-refractivity contribution in [1.29, 1.82) is 0 Å². The number of methoxy groups -OCH3 is 1. The second-order valence-corrected chi connectivity index (χ2v) is 5.71. The lowest BCUT2D eigenvalue weighted by atomic mass is 10.2. The number of alkyl halides is 1. The van der Waals surface area contributed by atoms with Gasteiger partial charge in [-0.05, 0) is 20.8 Å². The van der Waals surface area contributed by atoms with Gasteiger partial charge in [-0.1, -0.05) is 15.9 Å². The van der Waals surface area contributed by atoms with E-state index in [1.165, 1.54) is 4.90 Å². The van der Waals surface area contributed by atoms with E-state index >= 15 is 0 Å². The van der Waals surface area contributed by atoms with Crippen LogP contribution in [0, 0.1) is 0 Å². The highest BCUT2D eigenvalue weighted by molar-refractivity contribution is 9.09. The Labute approximate surface area is 100 Å². The number of nitrogens with zero attached hydrogens (tertiary/aromatic N) is 1. The average molecular weight is 282 g/mol. The molecule has 0 heterocycles. The summed E-state index contributed by atoms with van der Waals surface area (Å²) in [7, 11) is 3.33. The van der Waals surface area contributed by atoms with Crippen LogP contribution < -0.4 is 0 Å².